The molecule has 0 spiro atoms. The number of hydrogen-bond donors (Lipinski definition) is 2. The lowest BCUT2D eigenvalue weighted by molar-refractivity contribution is -0.117. The number of carbonyl (C=O) groups is 2. The summed E-state index contributed by atoms with van der Waals surface area (Å²) in [6.07, 6.45) is 0.498. The maximum Gasteiger partial charge on any atom is 0.293 e. The van der Waals surface area contributed by atoms with Crippen LogP contribution in [0.25, 0.3) is 11.1 Å². The zero-order chi connectivity index (χ0) is 26.1. The van der Waals surface area contributed by atoms with Crippen LogP contribution in [0.4, 0.5) is 10.2 Å². The molecule has 1 aliphatic carbocycles. The third kappa shape index (κ3) is 5.28. The van der Waals surface area contributed by atoms with Gasteiger partial charge in [0.25, 0.3) is 5.91 Å². The molecule has 2 amide bonds. The molecule has 1 saturated heterocycles. The van der Waals surface area contributed by atoms with E-state index in [0.29, 0.717) is 17.6 Å². The van der Waals surface area contributed by atoms with E-state index in [-0.39, 0.29) is 48.5 Å². The number of benzene rings is 1. The molecule has 37 heavy (non-hydrogen) atoms. The van der Waals surface area contributed by atoms with Crippen LogP contribution < -0.4 is 10.1 Å². The predicted octanol–water partition coefficient (Wildman–Crippen LogP) is 3.27. The smallest absolute Gasteiger partial charge is 0.293 e. The third-order valence-corrected chi connectivity index (χ3v) is 6.73. The summed E-state index contributed by atoms with van der Waals surface area (Å²) in [7, 11) is 0. The van der Waals surface area contributed by atoms with Crippen LogP contribution in [0, 0.1) is 30.1 Å². The highest BCUT2D eigenvalue weighted by Gasteiger charge is 2.39. The van der Waals surface area contributed by atoms with Crippen molar-refractivity contribution in [2.24, 2.45) is 11.8 Å². The number of alkyl halides is 1. The van der Waals surface area contributed by atoms with Crippen molar-refractivity contribution in [3.05, 3.63) is 53.7 Å². The third-order valence-electron chi connectivity index (χ3n) is 6.73. The molecule has 3 aromatic rings. The second kappa shape index (κ2) is 9.97. The molecule has 190 valence electrons. The lowest BCUT2D eigenvalue weighted by Gasteiger charge is -2.34. The molecule has 2 fully saturated rings. The summed E-state index contributed by atoms with van der Waals surface area (Å²) in [6, 6.07) is 10.7. The SMILES string of the molecule is Cc1nc(C(=O)N2CCC(Oc3ccc(-c4ccnc(NC(=O)C5CC5C)c4)cc3C#N)[C@H](F)C2)n[nH]1. The van der Waals surface area contributed by atoms with Gasteiger partial charge in [-0.05, 0) is 54.7 Å². The summed E-state index contributed by atoms with van der Waals surface area (Å²) in [5, 5.41) is 19.0. The minimum absolute atomic E-state index is 0.00681. The standard InChI is InChI=1S/C26H26FN7O3/c1-14-9-19(14)25(35)31-23-11-17(5-7-29-23)16-3-4-21(18(10-16)12-28)37-22-6-8-34(13-20(22)27)26(36)24-30-15(2)32-33-24/h3-5,7,10-11,14,19-20,22H,6,8-9,13H2,1-2H3,(H,29,31,35)(H,30,32,33)/t14?,19?,20-,22?/m1/s1. The molecule has 1 saturated carbocycles. The Hall–Kier alpha value is -4.33. The summed E-state index contributed by atoms with van der Waals surface area (Å²) in [4.78, 5) is 34.4. The van der Waals surface area contributed by atoms with E-state index in [1.807, 2.05) is 6.92 Å². The first kappa shape index (κ1) is 24.4. The number of likely N-dealkylation sites (tertiary alicyclic amines) is 1. The fraction of sp³-hybridized carbons (Fsp3) is 0.385. The van der Waals surface area contributed by atoms with E-state index < -0.39 is 18.2 Å². The molecule has 1 aromatic carbocycles. The number of carbonyl (C=O) groups excluding carboxylic acids is 2. The van der Waals surface area contributed by atoms with Gasteiger partial charge >= 0.3 is 0 Å². The number of aromatic nitrogens is 4. The average molecular weight is 504 g/mol. The minimum atomic E-state index is -1.44. The van der Waals surface area contributed by atoms with Gasteiger partial charge in [-0.3, -0.25) is 14.7 Å². The maximum atomic E-state index is 15.0. The van der Waals surface area contributed by atoms with E-state index in [1.165, 1.54) is 4.90 Å². The molecule has 11 heteroatoms. The molecular formula is C26H26FN7O3. The van der Waals surface area contributed by atoms with Gasteiger partial charge in [0.1, 0.15) is 29.6 Å². The molecule has 2 N–H and O–H groups in total. The van der Waals surface area contributed by atoms with Gasteiger partial charge < -0.3 is 15.0 Å². The zero-order valence-corrected chi connectivity index (χ0v) is 20.4. The predicted molar refractivity (Wildman–Crippen MR) is 131 cm³/mol. The van der Waals surface area contributed by atoms with Crippen LogP contribution in [0.1, 0.15) is 41.8 Å². The van der Waals surface area contributed by atoms with Crippen molar-refractivity contribution in [1.29, 1.82) is 5.26 Å². The lowest BCUT2D eigenvalue weighted by Crippen LogP contribution is -2.49. The molecule has 0 bridgehead atoms. The lowest BCUT2D eigenvalue weighted by atomic mass is 10.0. The number of rotatable bonds is 6. The maximum absolute atomic E-state index is 15.0. The highest BCUT2D eigenvalue weighted by Crippen LogP contribution is 2.38. The van der Waals surface area contributed by atoms with Gasteiger partial charge in [-0.15, -0.1) is 5.10 Å². The first-order valence-corrected chi connectivity index (χ1v) is 12.1. The van der Waals surface area contributed by atoms with Crippen LogP contribution in [0.15, 0.2) is 36.5 Å². The second-order valence-electron chi connectivity index (χ2n) is 9.52. The van der Waals surface area contributed by atoms with Crippen molar-refractivity contribution in [1.82, 2.24) is 25.1 Å². The Labute approximate surface area is 212 Å². The van der Waals surface area contributed by atoms with E-state index in [4.69, 9.17) is 4.74 Å². The van der Waals surface area contributed by atoms with Gasteiger partial charge in [0.2, 0.25) is 11.7 Å². The largest absolute Gasteiger partial charge is 0.486 e. The molecule has 2 aliphatic rings. The first-order chi connectivity index (χ1) is 17.8. The van der Waals surface area contributed by atoms with E-state index in [0.717, 1.165) is 17.5 Å². The van der Waals surface area contributed by atoms with Crippen LogP contribution in [-0.2, 0) is 4.79 Å². The van der Waals surface area contributed by atoms with Gasteiger partial charge in [-0.25, -0.2) is 14.4 Å². The quantitative estimate of drug-likeness (QED) is 0.527. The topological polar surface area (TPSA) is 137 Å². The molecule has 0 radical (unpaired) electrons. The van der Waals surface area contributed by atoms with Crippen LogP contribution in [-0.4, -0.2) is 62.2 Å². The van der Waals surface area contributed by atoms with E-state index in [2.05, 4.69) is 31.6 Å². The normalized spacial score (nSPS) is 22.7. The van der Waals surface area contributed by atoms with Crippen molar-refractivity contribution < 1.29 is 18.7 Å². The van der Waals surface area contributed by atoms with Crippen LogP contribution in [0.5, 0.6) is 5.75 Å². The Kier molecular flexibility index (Phi) is 6.56. The fourth-order valence-corrected chi connectivity index (χ4v) is 4.43. The van der Waals surface area contributed by atoms with Crippen LogP contribution in [0.3, 0.4) is 0 Å². The highest BCUT2D eigenvalue weighted by molar-refractivity contribution is 5.94. The highest BCUT2D eigenvalue weighted by atomic mass is 19.1. The monoisotopic (exact) mass is 503 g/mol. The van der Waals surface area contributed by atoms with E-state index in [1.54, 1.807) is 43.5 Å². The Morgan fingerprint density at radius 1 is 1.27 bits per heavy atom. The number of pyridine rings is 1. The van der Waals surface area contributed by atoms with Gasteiger partial charge in [0, 0.05) is 25.1 Å². The van der Waals surface area contributed by atoms with E-state index >= 15 is 0 Å². The van der Waals surface area contributed by atoms with Crippen molar-refractivity contribution >= 4 is 17.6 Å². The number of hydrogen-bond acceptors (Lipinski definition) is 7. The molecule has 1 aliphatic heterocycles. The summed E-state index contributed by atoms with van der Waals surface area (Å²) in [5.74, 6) is 1.18. The van der Waals surface area contributed by atoms with Crippen molar-refractivity contribution in [2.75, 3.05) is 18.4 Å². The van der Waals surface area contributed by atoms with Crippen LogP contribution in [0.2, 0.25) is 0 Å². The molecule has 3 unspecified atom stereocenters. The number of anilines is 1. The van der Waals surface area contributed by atoms with Crippen molar-refractivity contribution in [3.8, 4) is 22.9 Å². The number of aryl methyl sites for hydroxylation is 1. The van der Waals surface area contributed by atoms with Gasteiger partial charge in [0.15, 0.2) is 6.17 Å². The molecule has 5 rings (SSSR count). The number of nitrogens with zero attached hydrogens (tertiary/aromatic N) is 5. The van der Waals surface area contributed by atoms with E-state index in [9.17, 15) is 19.2 Å². The molecular weight excluding hydrogens is 477 g/mol. The molecule has 3 heterocycles. The van der Waals surface area contributed by atoms with Crippen LogP contribution >= 0.6 is 0 Å². The number of halogens is 1. The number of piperidine rings is 1. The summed E-state index contributed by atoms with van der Waals surface area (Å²) in [5.41, 5.74) is 1.77. The van der Waals surface area contributed by atoms with Crippen molar-refractivity contribution in [2.45, 2.75) is 39.0 Å². The molecule has 4 atom stereocenters. The number of nitriles is 1. The number of aromatic amines is 1. The summed E-state index contributed by atoms with van der Waals surface area (Å²) >= 11 is 0. The number of ether oxygens (including phenoxy) is 1. The minimum Gasteiger partial charge on any atom is -0.486 e. The second-order valence-corrected chi connectivity index (χ2v) is 9.52. The Morgan fingerprint density at radius 2 is 2.05 bits per heavy atom. The van der Waals surface area contributed by atoms with Gasteiger partial charge in [-0.1, -0.05) is 13.0 Å². The number of nitrogens with one attached hydrogen (secondary N) is 2. The van der Waals surface area contributed by atoms with Gasteiger partial charge in [0.05, 0.1) is 12.1 Å². The number of amides is 2. The fourth-order valence-electron chi connectivity index (χ4n) is 4.43. The Bertz CT molecular complexity index is 1380. The van der Waals surface area contributed by atoms with Gasteiger partial charge in [-0.2, -0.15) is 5.26 Å². The average Bonchev–Trinajstić information content (AvgIpc) is 3.48. The molecule has 10 nitrogen and oxygen atoms in total. The summed E-state index contributed by atoms with van der Waals surface area (Å²) in [6.45, 7) is 3.85. The first-order valence-electron chi connectivity index (χ1n) is 12.1. The Balaban J connectivity index is 1.25. The molecule has 2 aromatic heterocycles. The zero-order valence-electron chi connectivity index (χ0n) is 20.4. The number of H-pyrrole nitrogens is 1. The Morgan fingerprint density at radius 3 is 2.73 bits per heavy atom. The van der Waals surface area contributed by atoms with Crippen molar-refractivity contribution in [3.63, 3.8) is 0 Å². The summed E-state index contributed by atoms with van der Waals surface area (Å²) < 4.78 is 20.9.